The van der Waals surface area contributed by atoms with E-state index in [1.54, 1.807) is 0 Å². The van der Waals surface area contributed by atoms with Crippen LogP contribution >= 0.6 is 0 Å². The Hall–Kier alpha value is -3.42. The first kappa shape index (κ1) is 28.6. The molecule has 2 fully saturated rings. The Morgan fingerprint density at radius 2 is 1.41 bits per heavy atom. The van der Waals surface area contributed by atoms with E-state index in [1.165, 1.54) is 44.3 Å². The van der Waals surface area contributed by atoms with Crippen LogP contribution in [0.3, 0.4) is 0 Å². The summed E-state index contributed by atoms with van der Waals surface area (Å²) in [6.45, 7) is 8.41. The standard InChI is InChI=1S/C31H39N3O2.CH2O2/c35-31(30-11-7-9-27-8-3-4-10-29(27)30)34-22-20-33(21-23-34)19-16-26-12-14-28(15-13-26)36-25-24-32-17-5-1-2-6-18-32;2-1-3/h3-4,7-15H,1-2,5-6,16-25H2;1H,(H,2,3). The minimum Gasteiger partial charge on any atom is -0.492 e. The van der Waals surface area contributed by atoms with Crippen molar-refractivity contribution in [2.24, 2.45) is 0 Å². The highest BCUT2D eigenvalue weighted by Gasteiger charge is 2.23. The number of benzene rings is 3. The van der Waals surface area contributed by atoms with Crippen LogP contribution in [0.15, 0.2) is 66.7 Å². The van der Waals surface area contributed by atoms with E-state index in [1.807, 2.05) is 35.2 Å². The van der Waals surface area contributed by atoms with Gasteiger partial charge in [-0.3, -0.25) is 19.4 Å². The maximum atomic E-state index is 13.2. The number of rotatable bonds is 8. The number of amides is 1. The second-order valence-electron chi connectivity index (χ2n) is 10.3. The number of carbonyl (C=O) groups excluding carboxylic acids is 1. The maximum Gasteiger partial charge on any atom is 0.290 e. The van der Waals surface area contributed by atoms with Crippen LogP contribution in [0.2, 0.25) is 0 Å². The van der Waals surface area contributed by atoms with Crippen LogP contribution in [0, 0.1) is 0 Å². The highest BCUT2D eigenvalue weighted by atomic mass is 16.5. The van der Waals surface area contributed by atoms with Crippen molar-refractivity contribution in [1.29, 1.82) is 0 Å². The Kier molecular flexibility index (Phi) is 11.2. The van der Waals surface area contributed by atoms with E-state index in [0.717, 1.165) is 74.4 Å². The normalized spacial score (nSPS) is 16.7. The van der Waals surface area contributed by atoms with Crippen molar-refractivity contribution >= 4 is 23.2 Å². The van der Waals surface area contributed by atoms with Crippen LogP contribution in [0.5, 0.6) is 5.75 Å². The quantitative estimate of drug-likeness (QED) is 0.421. The van der Waals surface area contributed by atoms with Gasteiger partial charge in [0.15, 0.2) is 0 Å². The number of carbonyl (C=O) groups is 2. The van der Waals surface area contributed by atoms with Crippen LogP contribution in [-0.4, -0.2) is 91.2 Å². The third-order valence-corrected chi connectivity index (χ3v) is 7.69. The smallest absolute Gasteiger partial charge is 0.290 e. The Bertz CT molecular complexity index is 1160. The number of likely N-dealkylation sites (tertiary alicyclic amines) is 1. The SMILES string of the molecule is O=C(c1cccc2ccccc12)N1CCN(CCc2ccc(OCCN3CCCCCC3)cc2)CC1.O=CO. The van der Waals surface area contributed by atoms with Gasteiger partial charge in [-0.1, -0.05) is 61.4 Å². The molecule has 1 N–H and O–H groups in total. The van der Waals surface area contributed by atoms with Crippen molar-refractivity contribution in [3.63, 3.8) is 0 Å². The zero-order valence-electron chi connectivity index (χ0n) is 22.8. The monoisotopic (exact) mass is 531 g/mol. The molecule has 7 heteroatoms. The zero-order valence-corrected chi connectivity index (χ0v) is 22.8. The molecule has 5 rings (SSSR count). The Morgan fingerprint density at radius 3 is 2.13 bits per heavy atom. The first-order chi connectivity index (χ1) is 19.2. The lowest BCUT2D eigenvalue weighted by molar-refractivity contribution is -0.122. The van der Waals surface area contributed by atoms with Gasteiger partial charge in [0.2, 0.25) is 0 Å². The summed E-state index contributed by atoms with van der Waals surface area (Å²) < 4.78 is 6.01. The third-order valence-electron chi connectivity index (χ3n) is 7.69. The van der Waals surface area contributed by atoms with Gasteiger partial charge in [-0.25, -0.2) is 0 Å². The molecule has 39 heavy (non-hydrogen) atoms. The zero-order chi connectivity index (χ0) is 27.3. The lowest BCUT2D eigenvalue weighted by atomic mass is 10.0. The van der Waals surface area contributed by atoms with E-state index in [2.05, 4.69) is 46.2 Å². The van der Waals surface area contributed by atoms with Crippen molar-refractivity contribution in [3.05, 3.63) is 77.9 Å². The van der Waals surface area contributed by atoms with E-state index in [4.69, 9.17) is 14.6 Å². The molecule has 0 aliphatic carbocycles. The second kappa shape index (κ2) is 15.2. The predicted molar refractivity (Wildman–Crippen MR) is 156 cm³/mol. The highest BCUT2D eigenvalue weighted by Crippen LogP contribution is 2.21. The van der Waals surface area contributed by atoms with Crippen molar-refractivity contribution in [2.75, 3.05) is 59.0 Å². The molecule has 2 aliphatic heterocycles. The number of hydrogen-bond acceptors (Lipinski definition) is 5. The molecular formula is C32H41N3O4. The van der Waals surface area contributed by atoms with Gasteiger partial charge < -0.3 is 14.7 Å². The van der Waals surface area contributed by atoms with E-state index in [0.29, 0.717) is 0 Å². The minimum absolute atomic E-state index is 0.151. The van der Waals surface area contributed by atoms with Gasteiger partial charge in [-0.2, -0.15) is 0 Å². The van der Waals surface area contributed by atoms with Gasteiger partial charge in [-0.05, 0) is 66.9 Å². The number of hydrogen-bond donors (Lipinski definition) is 1. The molecule has 3 aromatic carbocycles. The summed E-state index contributed by atoms with van der Waals surface area (Å²) in [6, 6.07) is 22.8. The third kappa shape index (κ3) is 8.53. The molecule has 0 saturated carbocycles. The lowest BCUT2D eigenvalue weighted by Crippen LogP contribution is -2.49. The highest BCUT2D eigenvalue weighted by molar-refractivity contribution is 6.07. The molecule has 1 amide bonds. The van der Waals surface area contributed by atoms with E-state index >= 15 is 0 Å². The van der Waals surface area contributed by atoms with Crippen molar-refractivity contribution in [3.8, 4) is 5.75 Å². The molecule has 2 aliphatic rings. The molecule has 3 aromatic rings. The van der Waals surface area contributed by atoms with Gasteiger partial charge in [0, 0.05) is 44.8 Å². The molecule has 0 radical (unpaired) electrons. The minimum atomic E-state index is -0.250. The van der Waals surface area contributed by atoms with Gasteiger partial charge in [0.1, 0.15) is 12.4 Å². The molecule has 2 heterocycles. The maximum absolute atomic E-state index is 13.2. The molecule has 0 unspecified atom stereocenters. The fraction of sp³-hybridized carbons (Fsp3) is 0.438. The number of fused-ring (bicyclic) bond motifs is 1. The van der Waals surface area contributed by atoms with Crippen molar-refractivity contribution < 1.29 is 19.4 Å². The van der Waals surface area contributed by atoms with Crippen LogP contribution < -0.4 is 4.74 Å². The van der Waals surface area contributed by atoms with E-state index in [9.17, 15) is 4.79 Å². The van der Waals surface area contributed by atoms with Crippen molar-refractivity contribution in [1.82, 2.24) is 14.7 Å². The van der Waals surface area contributed by atoms with Gasteiger partial charge in [-0.15, -0.1) is 0 Å². The lowest BCUT2D eigenvalue weighted by Gasteiger charge is -2.35. The summed E-state index contributed by atoms with van der Waals surface area (Å²) in [5.41, 5.74) is 2.15. The van der Waals surface area contributed by atoms with E-state index in [-0.39, 0.29) is 12.4 Å². The van der Waals surface area contributed by atoms with Gasteiger partial charge in [0.05, 0.1) is 0 Å². The Balaban J connectivity index is 0.00000112. The summed E-state index contributed by atoms with van der Waals surface area (Å²) in [4.78, 5) is 28.6. The average Bonchev–Trinajstić information content (AvgIpc) is 3.26. The molecule has 0 atom stereocenters. The summed E-state index contributed by atoms with van der Waals surface area (Å²) >= 11 is 0. The van der Waals surface area contributed by atoms with Gasteiger partial charge >= 0.3 is 0 Å². The fourth-order valence-electron chi connectivity index (χ4n) is 5.45. The van der Waals surface area contributed by atoms with E-state index < -0.39 is 0 Å². The molecule has 0 spiro atoms. The van der Waals surface area contributed by atoms with Crippen LogP contribution in [0.4, 0.5) is 0 Å². The molecule has 2 saturated heterocycles. The van der Waals surface area contributed by atoms with Crippen molar-refractivity contribution in [2.45, 2.75) is 32.1 Å². The summed E-state index contributed by atoms with van der Waals surface area (Å²) in [5.74, 6) is 1.12. The fourth-order valence-corrected chi connectivity index (χ4v) is 5.45. The number of ether oxygens (including phenoxy) is 1. The largest absolute Gasteiger partial charge is 0.492 e. The molecule has 7 nitrogen and oxygen atoms in total. The molecule has 0 aromatic heterocycles. The first-order valence-electron chi connectivity index (χ1n) is 14.2. The molecule has 208 valence electrons. The second-order valence-corrected chi connectivity index (χ2v) is 10.3. The summed E-state index contributed by atoms with van der Waals surface area (Å²) in [5, 5.41) is 9.05. The number of carboxylic acid groups (broad SMARTS) is 1. The Morgan fingerprint density at radius 1 is 0.769 bits per heavy atom. The van der Waals surface area contributed by atoms with Gasteiger partial charge in [0.25, 0.3) is 12.4 Å². The number of nitrogens with zero attached hydrogens (tertiary/aromatic N) is 3. The number of piperazine rings is 1. The first-order valence-corrected chi connectivity index (χ1v) is 14.2. The predicted octanol–water partition coefficient (Wildman–Crippen LogP) is 4.80. The average molecular weight is 532 g/mol. The summed E-state index contributed by atoms with van der Waals surface area (Å²) in [6.07, 6.45) is 6.41. The Labute approximate surface area is 232 Å². The molecule has 0 bridgehead atoms. The molecular weight excluding hydrogens is 490 g/mol. The summed E-state index contributed by atoms with van der Waals surface area (Å²) in [7, 11) is 0. The topological polar surface area (TPSA) is 73.3 Å². The van der Waals surface area contributed by atoms with Crippen LogP contribution in [0.1, 0.15) is 41.6 Å². The van der Waals surface area contributed by atoms with Crippen LogP contribution in [0.25, 0.3) is 10.8 Å². The van der Waals surface area contributed by atoms with Crippen LogP contribution in [-0.2, 0) is 11.2 Å².